The highest BCUT2D eigenvalue weighted by molar-refractivity contribution is 7.18. The van der Waals surface area contributed by atoms with Crippen molar-refractivity contribution in [3.63, 3.8) is 0 Å². The number of carbonyl (C=O) groups is 1. The molecule has 0 aliphatic carbocycles. The Labute approximate surface area is 144 Å². The molecule has 0 bridgehead atoms. The standard InChI is InChI=1S/C19H18N2O2S/c22-14-6-3-5-13(11-14)12-18(23)21-10-4-8-16(21)19-20-15-7-1-2-9-17(15)24-19/h1-3,5-7,9,11,16,22H,4,8,10,12H2. The van der Waals surface area contributed by atoms with Gasteiger partial charge in [0, 0.05) is 6.54 Å². The van der Waals surface area contributed by atoms with Crippen LogP contribution in [0.15, 0.2) is 48.5 Å². The fourth-order valence-corrected chi connectivity index (χ4v) is 4.41. The molecule has 0 saturated carbocycles. The lowest BCUT2D eigenvalue weighted by molar-refractivity contribution is -0.131. The van der Waals surface area contributed by atoms with E-state index < -0.39 is 0 Å². The molecule has 122 valence electrons. The Morgan fingerprint density at radius 1 is 1.25 bits per heavy atom. The molecule has 24 heavy (non-hydrogen) atoms. The quantitative estimate of drug-likeness (QED) is 0.788. The topological polar surface area (TPSA) is 53.4 Å². The van der Waals surface area contributed by atoms with Crippen molar-refractivity contribution in [3.05, 3.63) is 59.1 Å². The summed E-state index contributed by atoms with van der Waals surface area (Å²) in [5, 5.41) is 10.6. The number of thiazole rings is 1. The number of fused-ring (bicyclic) bond motifs is 1. The molecule has 1 aliphatic heterocycles. The van der Waals surface area contributed by atoms with Gasteiger partial charge in [-0.15, -0.1) is 11.3 Å². The average Bonchev–Trinajstić information content (AvgIpc) is 3.21. The maximum atomic E-state index is 12.7. The number of aromatic hydroxyl groups is 1. The minimum atomic E-state index is 0.0761. The third-order valence-corrected chi connectivity index (χ3v) is 5.57. The van der Waals surface area contributed by atoms with E-state index in [4.69, 9.17) is 4.98 Å². The molecule has 1 N–H and O–H groups in total. The van der Waals surface area contributed by atoms with E-state index in [2.05, 4.69) is 6.07 Å². The van der Waals surface area contributed by atoms with Crippen LogP contribution < -0.4 is 0 Å². The predicted molar refractivity (Wildman–Crippen MR) is 95.1 cm³/mol. The number of para-hydroxylation sites is 1. The summed E-state index contributed by atoms with van der Waals surface area (Å²) in [6.07, 6.45) is 2.29. The van der Waals surface area contributed by atoms with Gasteiger partial charge < -0.3 is 10.0 Å². The van der Waals surface area contributed by atoms with Crippen LogP contribution in [0.4, 0.5) is 0 Å². The van der Waals surface area contributed by atoms with Crippen molar-refractivity contribution in [1.29, 1.82) is 0 Å². The van der Waals surface area contributed by atoms with E-state index in [0.29, 0.717) is 6.42 Å². The molecule has 1 saturated heterocycles. The molecule has 2 aromatic carbocycles. The van der Waals surface area contributed by atoms with Crippen molar-refractivity contribution in [1.82, 2.24) is 9.88 Å². The second kappa shape index (κ2) is 6.24. The number of benzene rings is 2. The van der Waals surface area contributed by atoms with E-state index in [-0.39, 0.29) is 17.7 Å². The number of aromatic nitrogens is 1. The first-order valence-electron chi connectivity index (χ1n) is 8.13. The van der Waals surface area contributed by atoms with Gasteiger partial charge >= 0.3 is 0 Å². The Balaban J connectivity index is 1.56. The molecule has 4 rings (SSSR count). The van der Waals surface area contributed by atoms with E-state index in [0.717, 1.165) is 35.5 Å². The maximum Gasteiger partial charge on any atom is 0.227 e. The molecule has 5 heteroatoms. The second-order valence-electron chi connectivity index (χ2n) is 6.11. The lowest BCUT2D eigenvalue weighted by Gasteiger charge is -2.23. The summed E-state index contributed by atoms with van der Waals surface area (Å²) in [7, 11) is 0. The van der Waals surface area contributed by atoms with E-state index >= 15 is 0 Å². The number of nitrogens with zero attached hydrogens (tertiary/aromatic N) is 2. The highest BCUT2D eigenvalue weighted by atomic mass is 32.1. The molecule has 0 radical (unpaired) electrons. The summed E-state index contributed by atoms with van der Waals surface area (Å²) in [4.78, 5) is 19.4. The number of likely N-dealkylation sites (tertiary alicyclic amines) is 1. The van der Waals surface area contributed by atoms with Gasteiger partial charge in [0.25, 0.3) is 0 Å². The Morgan fingerprint density at radius 2 is 2.12 bits per heavy atom. The summed E-state index contributed by atoms with van der Waals surface area (Å²) in [5.74, 6) is 0.298. The van der Waals surface area contributed by atoms with Gasteiger partial charge in [-0.2, -0.15) is 0 Å². The van der Waals surface area contributed by atoms with E-state index in [1.807, 2.05) is 29.2 Å². The Bertz CT molecular complexity index is 857. The summed E-state index contributed by atoms with van der Waals surface area (Å²) < 4.78 is 1.17. The first kappa shape index (κ1) is 15.1. The van der Waals surface area contributed by atoms with Gasteiger partial charge in [-0.05, 0) is 42.7 Å². The van der Waals surface area contributed by atoms with Crippen LogP contribution in [0.3, 0.4) is 0 Å². The first-order valence-corrected chi connectivity index (χ1v) is 8.95. The molecule has 1 atom stereocenters. The van der Waals surface area contributed by atoms with Crippen LogP contribution in [0, 0.1) is 0 Å². The SMILES string of the molecule is O=C(Cc1cccc(O)c1)N1CCCC1c1nc2ccccc2s1. The molecule has 1 aliphatic rings. The zero-order valence-electron chi connectivity index (χ0n) is 13.2. The predicted octanol–water partition coefficient (Wildman–Crippen LogP) is 3.91. The lowest BCUT2D eigenvalue weighted by Crippen LogP contribution is -2.31. The van der Waals surface area contributed by atoms with Crippen molar-refractivity contribution in [2.75, 3.05) is 6.54 Å². The van der Waals surface area contributed by atoms with Crippen molar-refractivity contribution in [2.24, 2.45) is 0 Å². The second-order valence-corrected chi connectivity index (χ2v) is 7.17. The summed E-state index contributed by atoms with van der Waals surface area (Å²) in [5.41, 5.74) is 1.85. The normalized spacial score (nSPS) is 17.5. The van der Waals surface area contributed by atoms with Gasteiger partial charge in [0.1, 0.15) is 10.8 Å². The highest BCUT2D eigenvalue weighted by Gasteiger charge is 2.32. The van der Waals surface area contributed by atoms with E-state index in [1.165, 1.54) is 4.70 Å². The maximum absolute atomic E-state index is 12.7. The average molecular weight is 338 g/mol. The van der Waals surface area contributed by atoms with Gasteiger partial charge in [0.05, 0.1) is 22.7 Å². The van der Waals surface area contributed by atoms with Gasteiger partial charge in [-0.1, -0.05) is 24.3 Å². The molecular weight excluding hydrogens is 320 g/mol. The molecule has 2 heterocycles. The third kappa shape index (κ3) is 2.87. The molecule has 1 fully saturated rings. The number of rotatable bonds is 3. The van der Waals surface area contributed by atoms with Crippen LogP contribution in [-0.4, -0.2) is 27.4 Å². The molecule has 3 aromatic rings. The Hall–Kier alpha value is -2.40. The number of phenolic OH excluding ortho intramolecular Hbond substituents is 1. The summed E-state index contributed by atoms with van der Waals surface area (Å²) in [6.45, 7) is 0.776. The lowest BCUT2D eigenvalue weighted by atomic mass is 10.1. The zero-order chi connectivity index (χ0) is 16.5. The van der Waals surface area contributed by atoms with Crippen molar-refractivity contribution >= 4 is 27.5 Å². The molecule has 4 nitrogen and oxygen atoms in total. The fraction of sp³-hybridized carbons (Fsp3) is 0.263. The molecule has 1 aromatic heterocycles. The smallest absolute Gasteiger partial charge is 0.227 e. The molecule has 0 spiro atoms. The van der Waals surface area contributed by atoms with Crippen LogP contribution in [0.2, 0.25) is 0 Å². The van der Waals surface area contributed by atoms with Crippen LogP contribution >= 0.6 is 11.3 Å². The third-order valence-electron chi connectivity index (χ3n) is 4.43. The van der Waals surface area contributed by atoms with Gasteiger partial charge in [-0.25, -0.2) is 4.98 Å². The van der Waals surface area contributed by atoms with Crippen molar-refractivity contribution in [2.45, 2.75) is 25.3 Å². The minimum absolute atomic E-state index is 0.0761. The van der Waals surface area contributed by atoms with Gasteiger partial charge in [0.15, 0.2) is 0 Å². The number of hydrogen-bond donors (Lipinski definition) is 1. The van der Waals surface area contributed by atoms with Crippen molar-refractivity contribution < 1.29 is 9.90 Å². The Morgan fingerprint density at radius 3 is 2.96 bits per heavy atom. The zero-order valence-corrected chi connectivity index (χ0v) is 14.0. The fourth-order valence-electron chi connectivity index (χ4n) is 3.30. The van der Waals surface area contributed by atoms with E-state index in [9.17, 15) is 9.90 Å². The van der Waals surface area contributed by atoms with Crippen LogP contribution in [0.25, 0.3) is 10.2 Å². The summed E-state index contributed by atoms with van der Waals surface area (Å²) >= 11 is 1.68. The van der Waals surface area contributed by atoms with Crippen LogP contribution in [0.1, 0.15) is 29.5 Å². The van der Waals surface area contributed by atoms with Gasteiger partial charge in [0.2, 0.25) is 5.91 Å². The highest BCUT2D eigenvalue weighted by Crippen LogP contribution is 2.36. The molecule has 1 amide bonds. The van der Waals surface area contributed by atoms with E-state index in [1.54, 1.807) is 29.5 Å². The van der Waals surface area contributed by atoms with Crippen molar-refractivity contribution in [3.8, 4) is 5.75 Å². The Kier molecular flexibility index (Phi) is 3.94. The number of amides is 1. The minimum Gasteiger partial charge on any atom is -0.508 e. The first-order chi connectivity index (χ1) is 11.7. The monoisotopic (exact) mass is 338 g/mol. The summed E-state index contributed by atoms with van der Waals surface area (Å²) in [6, 6.07) is 15.1. The molecular formula is C19H18N2O2S. The largest absolute Gasteiger partial charge is 0.508 e. The van der Waals surface area contributed by atoms with Crippen LogP contribution in [0.5, 0.6) is 5.75 Å². The number of hydrogen-bond acceptors (Lipinski definition) is 4. The van der Waals surface area contributed by atoms with Gasteiger partial charge in [-0.3, -0.25) is 4.79 Å². The number of carbonyl (C=O) groups excluding carboxylic acids is 1. The number of phenols is 1. The van der Waals surface area contributed by atoms with Crippen LogP contribution in [-0.2, 0) is 11.2 Å². The molecule has 1 unspecified atom stereocenters.